The number of hydrogen-bond donors (Lipinski definition) is 0. The van der Waals surface area contributed by atoms with E-state index in [2.05, 4.69) is 24.0 Å². The number of piperidine rings is 1. The number of carbonyl (C=O) groups excluding carboxylic acids is 1. The molecule has 2 atom stereocenters. The molecule has 1 aromatic rings. The molecule has 15 heavy (non-hydrogen) atoms. The Bertz CT molecular complexity index is 323. The predicted molar refractivity (Wildman–Crippen MR) is 62.0 cm³/mol. The molecule has 0 spiro atoms. The third-order valence-corrected chi connectivity index (χ3v) is 3.31. The molecule has 2 nitrogen and oxygen atoms in total. The fourth-order valence-electron chi connectivity index (χ4n) is 2.34. The SMILES string of the molecule is CC1C(C=O)CCCN1c1ccccc1. The Morgan fingerprint density at radius 2 is 2.07 bits per heavy atom. The summed E-state index contributed by atoms with van der Waals surface area (Å²) in [5.41, 5.74) is 1.23. The van der Waals surface area contributed by atoms with E-state index in [0.29, 0.717) is 6.04 Å². The van der Waals surface area contributed by atoms with Crippen LogP contribution >= 0.6 is 0 Å². The zero-order valence-corrected chi connectivity index (χ0v) is 9.10. The van der Waals surface area contributed by atoms with Crippen molar-refractivity contribution in [3.63, 3.8) is 0 Å². The molecular formula is C13H17NO. The van der Waals surface area contributed by atoms with Crippen LogP contribution in [0.4, 0.5) is 5.69 Å². The third kappa shape index (κ3) is 2.04. The van der Waals surface area contributed by atoms with Crippen LogP contribution in [0.15, 0.2) is 30.3 Å². The number of nitrogens with zero attached hydrogens (tertiary/aromatic N) is 1. The molecule has 1 aliphatic heterocycles. The highest BCUT2D eigenvalue weighted by Crippen LogP contribution is 2.27. The van der Waals surface area contributed by atoms with Gasteiger partial charge in [-0.15, -0.1) is 0 Å². The average molecular weight is 203 g/mol. The summed E-state index contributed by atoms with van der Waals surface area (Å²) in [6.45, 7) is 3.21. The maximum absolute atomic E-state index is 10.9. The molecule has 1 heterocycles. The second-order valence-corrected chi connectivity index (χ2v) is 4.21. The molecule has 2 heteroatoms. The van der Waals surface area contributed by atoms with Crippen molar-refractivity contribution in [2.24, 2.45) is 5.92 Å². The normalized spacial score (nSPS) is 26.3. The predicted octanol–water partition coefficient (Wildman–Crippen LogP) is 2.49. The van der Waals surface area contributed by atoms with Crippen LogP contribution in [-0.4, -0.2) is 18.9 Å². The molecule has 0 aliphatic carbocycles. The van der Waals surface area contributed by atoms with Crippen molar-refractivity contribution in [1.82, 2.24) is 0 Å². The summed E-state index contributed by atoms with van der Waals surface area (Å²) in [5, 5.41) is 0. The first-order valence-electron chi connectivity index (χ1n) is 5.60. The number of para-hydroxylation sites is 1. The molecule has 0 N–H and O–H groups in total. The molecule has 80 valence electrons. The number of carbonyl (C=O) groups is 1. The molecule has 0 bridgehead atoms. The van der Waals surface area contributed by atoms with Gasteiger partial charge in [0.2, 0.25) is 0 Å². The van der Waals surface area contributed by atoms with Gasteiger partial charge < -0.3 is 9.69 Å². The minimum Gasteiger partial charge on any atom is -0.368 e. The van der Waals surface area contributed by atoms with Gasteiger partial charge in [0.25, 0.3) is 0 Å². The Morgan fingerprint density at radius 1 is 1.33 bits per heavy atom. The molecule has 0 aromatic heterocycles. The third-order valence-electron chi connectivity index (χ3n) is 3.31. The van der Waals surface area contributed by atoms with Crippen molar-refractivity contribution in [3.05, 3.63) is 30.3 Å². The lowest BCUT2D eigenvalue weighted by molar-refractivity contribution is -0.112. The highest BCUT2D eigenvalue weighted by atomic mass is 16.1. The number of anilines is 1. The van der Waals surface area contributed by atoms with Gasteiger partial charge in [0.1, 0.15) is 6.29 Å². The van der Waals surface area contributed by atoms with E-state index in [4.69, 9.17) is 0 Å². The Labute approximate surface area is 90.9 Å². The van der Waals surface area contributed by atoms with Gasteiger partial charge in [0.15, 0.2) is 0 Å². The quantitative estimate of drug-likeness (QED) is 0.688. The van der Waals surface area contributed by atoms with Crippen molar-refractivity contribution in [2.75, 3.05) is 11.4 Å². The molecule has 1 aromatic carbocycles. The highest BCUT2D eigenvalue weighted by molar-refractivity contribution is 5.58. The highest BCUT2D eigenvalue weighted by Gasteiger charge is 2.27. The van der Waals surface area contributed by atoms with Crippen molar-refractivity contribution in [2.45, 2.75) is 25.8 Å². The monoisotopic (exact) mass is 203 g/mol. The van der Waals surface area contributed by atoms with E-state index in [1.165, 1.54) is 5.69 Å². The van der Waals surface area contributed by atoms with E-state index < -0.39 is 0 Å². The van der Waals surface area contributed by atoms with Gasteiger partial charge in [-0.3, -0.25) is 0 Å². The van der Waals surface area contributed by atoms with Crippen molar-refractivity contribution >= 4 is 12.0 Å². The molecule has 1 aliphatic rings. The van der Waals surface area contributed by atoms with E-state index in [1.807, 2.05) is 18.2 Å². The summed E-state index contributed by atoms with van der Waals surface area (Å²) in [7, 11) is 0. The molecule has 1 fully saturated rings. The van der Waals surface area contributed by atoms with E-state index in [-0.39, 0.29) is 5.92 Å². The van der Waals surface area contributed by atoms with Gasteiger partial charge in [-0.05, 0) is 31.9 Å². The fourth-order valence-corrected chi connectivity index (χ4v) is 2.34. The van der Waals surface area contributed by atoms with Crippen LogP contribution in [-0.2, 0) is 4.79 Å². The van der Waals surface area contributed by atoms with Crippen molar-refractivity contribution in [1.29, 1.82) is 0 Å². The minimum absolute atomic E-state index is 0.193. The van der Waals surface area contributed by atoms with Gasteiger partial charge in [-0.25, -0.2) is 0 Å². The van der Waals surface area contributed by atoms with Crippen LogP contribution in [0.1, 0.15) is 19.8 Å². The maximum Gasteiger partial charge on any atom is 0.125 e. The Balaban J connectivity index is 2.18. The van der Waals surface area contributed by atoms with Crippen molar-refractivity contribution < 1.29 is 4.79 Å². The van der Waals surface area contributed by atoms with Gasteiger partial charge in [0, 0.05) is 24.2 Å². The van der Waals surface area contributed by atoms with Crippen LogP contribution in [0.5, 0.6) is 0 Å². The molecule has 0 amide bonds. The molecular weight excluding hydrogens is 186 g/mol. The van der Waals surface area contributed by atoms with Crippen LogP contribution in [0.3, 0.4) is 0 Å². The molecule has 2 unspecified atom stereocenters. The zero-order valence-electron chi connectivity index (χ0n) is 9.10. The summed E-state index contributed by atoms with van der Waals surface area (Å²) < 4.78 is 0. The van der Waals surface area contributed by atoms with Crippen LogP contribution in [0, 0.1) is 5.92 Å². The minimum atomic E-state index is 0.193. The Kier molecular flexibility index (Phi) is 3.05. The lowest BCUT2D eigenvalue weighted by atomic mass is 9.91. The fraction of sp³-hybridized carbons (Fsp3) is 0.462. The van der Waals surface area contributed by atoms with Crippen LogP contribution in [0.25, 0.3) is 0 Å². The number of benzene rings is 1. The number of hydrogen-bond acceptors (Lipinski definition) is 2. The lowest BCUT2D eigenvalue weighted by Gasteiger charge is -2.38. The molecule has 1 saturated heterocycles. The molecule has 2 rings (SSSR count). The first kappa shape index (κ1) is 10.2. The van der Waals surface area contributed by atoms with E-state index in [1.54, 1.807) is 0 Å². The molecule has 0 radical (unpaired) electrons. The second-order valence-electron chi connectivity index (χ2n) is 4.21. The number of rotatable bonds is 2. The van der Waals surface area contributed by atoms with E-state index >= 15 is 0 Å². The van der Waals surface area contributed by atoms with Gasteiger partial charge in [0.05, 0.1) is 0 Å². The van der Waals surface area contributed by atoms with E-state index in [9.17, 15) is 4.79 Å². The van der Waals surface area contributed by atoms with Crippen LogP contribution in [0.2, 0.25) is 0 Å². The van der Waals surface area contributed by atoms with Gasteiger partial charge in [-0.1, -0.05) is 18.2 Å². The smallest absolute Gasteiger partial charge is 0.125 e. The summed E-state index contributed by atoms with van der Waals surface area (Å²) in [4.78, 5) is 13.3. The molecule has 0 saturated carbocycles. The first-order chi connectivity index (χ1) is 7.33. The zero-order chi connectivity index (χ0) is 10.7. The van der Waals surface area contributed by atoms with Gasteiger partial charge in [-0.2, -0.15) is 0 Å². The Morgan fingerprint density at radius 3 is 2.73 bits per heavy atom. The summed E-state index contributed by atoms with van der Waals surface area (Å²) in [6, 6.07) is 10.7. The first-order valence-corrected chi connectivity index (χ1v) is 5.60. The number of aldehydes is 1. The topological polar surface area (TPSA) is 20.3 Å². The largest absolute Gasteiger partial charge is 0.368 e. The standard InChI is InChI=1S/C13H17NO/c1-11-12(10-15)6-5-9-14(11)13-7-3-2-4-8-13/h2-4,7-8,10-12H,5-6,9H2,1H3. The second kappa shape index (κ2) is 4.47. The van der Waals surface area contributed by atoms with Crippen LogP contribution < -0.4 is 4.90 Å². The maximum atomic E-state index is 10.9. The summed E-state index contributed by atoms with van der Waals surface area (Å²) >= 11 is 0. The van der Waals surface area contributed by atoms with Crippen molar-refractivity contribution in [3.8, 4) is 0 Å². The lowest BCUT2D eigenvalue weighted by Crippen LogP contribution is -2.44. The average Bonchev–Trinajstić information content (AvgIpc) is 2.30. The van der Waals surface area contributed by atoms with E-state index in [0.717, 1.165) is 25.7 Å². The summed E-state index contributed by atoms with van der Waals surface area (Å²) in [5.74, 6) is 0.193. The van der Waals surface area contributed by atoms with Gasteiger partial charge >= 0.3 is 0 Å². The Hall–Kier alpha value is -1.31. The summed E-state index contributed by atoms with van der Waals surface area (Å²) in [6.07, 6.45) is 3.26.